The van der Waals surface area contributed by atoms with E-state index in [2.05, 4.69) is 0 Å². The predicted octanol–water partition coefficient (Wildman–Crippen LogP) is 2.14. The molecule has 1 aromatic rings. The highest BCUT2D eigenvalue weighted by Gasteiger charge is 2.20. The van der Waals surface area contributed by atoms with Gasteiger partial charge in [-0.15, -0.1) is 0 Å². The summed E-state index contributed by atoms with van der Waals surface area (Å²) in [4.78, 5) is 13.6. The number of benzene rings is 1. The summed E-state index contributed by atoms with van der Waals surface area (Å²) in [6.45, 7) is 4.78. The summed E-state index contributed by atoms with van der Waals surface area (Å²) in [5, 5.41) is 0. The molecule has 0 heterocycles. The average Bonchev–Trinajstić information content (AvgIpc) is 2.79. The standard InChI is InChI=1S/C22H37NO8S/c1-20(23(2)22(24)31-19-21-7-5-4-6-8-21)9-17-32(25,26)18-16-30-15-14-29-13-12-28-11-10-27-3/h4-8,20H,9-19H2,1-3H3. The van der Waals surface area contributed by atoms with E-state index >= 15 is 0 Å². The maximum absolute atomic E-state index is 12.2. The van der Waals surface area contributed by atoms with Crippen LogP contribution in [0.1, 0.15) is 18.9 Å². The Labute approximate surface area is 191 Å². The Kier molecular flexibility index (Phi) is 14.9. The van der Waals surface area contributed by atoms with Crippen molar-refractivity contribution in [3.05, 3.63) is 35.9 Å². The van der Waals surface area contributed by atoms with E-state index in [-0.39, 0.29) is 30.8 Å². The summed E-state index contributed by atoms with van der Waals surface area (Å²) < 4.78 is 50.5. The molecule has 0 aliphatic carbocycles. The van der Waals surface area contributed by atoms with E-state index in [1.165, 1.54) is 4.90 Å². The summed E-state index contributed by atoms with van der Waals surface area (Å²) >= 11 is 0. The van der Waals surface area contributed by atoms with E-state index in [4.69, 9.17) is 23.7 Å². The van der Waals surface area contributed by atoms with Gasteiger partial charge in [0.05, 0.1) is 57.8 Å². The van der Waals surface area contributed by atoms with Crippen LogP contribution in [0.2, 0.25) is 0 Å². The van der Waals surface area contributed by atoms with Crippen LogP contribution >= 0.6 is 0 Å². The molecule has 1 amide bonds. The monoisotopic (exact) mass is 475 g/mol. The molecule has 0 aliphatic heterocycles. The van der Waals surface area contributed by atoms with Crippen molar-refractivity contribution in [2.24, 2.45) is 0 Å². The SMILES string of the molecule is COCCOCCOCCOCCS(=O)(=O)CCC(C)N(C)C(=O)OCc1ccccc1. The van der Waals surface area contributed by atoms with Crippen LogP contribution in [0.3, 0.4) is 0 Å². The van der Waals surface area contributed by atoms with Gasteiger partial charge in [-0.1, -0.05) is 30.3 Å². The van der Waals surface area contributed by atoms with E-state index in [1.54, 1.807) is 21.1 Å². The van der Waals surface area contributed by atoms with Gasteiger partial charge in [0.15, 0.2) is 9.84 Å². The van der Waals surface area contributed by atoms with Crippen molar-refractivity contribution in [3.63, 3.8) is 0 Å². The average molecular weight is 476 g/mol. The minimum atomic E-state index is -3.28. The van der Waals surface area contributed by atoms with Crippen LogP contribution in [0.5, 0.6) is 0 Å². The highest BCUT2D eigenvalue weighted by Crippen LogP contribution is 2.08. The van der Waals surface area contributed by atoms with Crippen LogP contribution < -0.4 is 0 Å². The van der Waals surface area contributed by atoms with Crippen molar-refractivity contribution in [3.8, 4) is 0 Å². The number of rotatable bonds is 18. The van der Waals surface area contributed by atoms with Crippen LogP contribution in [-0.2, 0) is 40.1 Å². The maximum atomic E-state index is 12.2. The highest BCUT2D eigenvalue weighted by atomic mass is 32.2. The van der Waals surface area contributed by atoms with Crippen molar-refractivity contribution in [1.29, 1.82) is 0 Å². The van der Waals surface area contributed by atoms with Crippen LogP contribution in [0.4, 0.5) is 4.79 Å². The molecule has 0 fully saturated rings. The lowest BCUT2D eigenvalue weighted by molar-refractivity contribution is 0.00555. The Balaban J connectivity index is 2.12. The van der Waals surface area contributed by atoms with E-state index in [1.807, 2.05) is 30.3 Å². The van der Waals surface area contributed by atoms with Crippen LogP contribution in [0.15, 0.2) is 30.3 Å². The van der Waals surface area contributed by atoms with Crippen molar-refractivity contribution >= 4 is 15.9 Å². The minimum absolute atomic E-state index is 0.0247. The molecule has 0 saturated heterocycles. The first-order valence-electron chi connectivity index (χ1n) is 10.7. The number of nitrogens with zero attached hydrogens (tertiary/aromatic N) is 1. The van der Waals surface area contributed by atoms with Gasteiger partial charge in [0, 0.05) is 20.2 Å². The second-order valence-corrected chi connectivity index (χ2v) is 9.57. The Morgan fingerprint density at radius 3 is 2.06 bits per heavy atom. The molecule has 0 spiro atoms. The molecule has 184 valence electrons. The quantitative estimate of drug-likeness (QED) is 0.298. The fourth-order valence-electron chi connectivity index (χ4n) is 2.52. The molecular formula is C22H37NO8S. The molecule has 1 rings (SSSR count). The lowest BCUT2D eigenvalue weighted by atomic mass is 10.2. The van der Waals surface area contributed by atoms with E-state index < -0.39 is 15.9 Å². The lowest BCUT2D eigenvalue weighted by Gasteiger charge is -2.24. The fourth-order valence-corrected chi connectivity index (χ4v) is 3.79. The zero-order chi connectivity index (χ0) is 23.7. The van der Waals surface area contributed by atoms with Gasteiger partial charge in [0.2, 0.25) is 0 Å². The second-order valence-electron chi connectivity index (χ2n) is 7.27. The molecule has 1 atom stereocenters. The third-order valence-electron chi connectivity index (χ3n) is 4.72. The number of carbonyl (C=O) groups excluding carboxylic acids is 1. The van der Waals surface area contributed by atoms with Crippen LogP contribution in [0.25, 0.3) is 0 Å². The Morgan fingerprint density at radius 1 is 0.906 bits per heavy atom. The summed E-state index contributed by atoms with van der Waals surface area (Å²) in [5.74, 6) is -0.0921. The van der Waals surface area contributed by atoms with Gasteiger partial charge in [-0.2, -0.15) is 0 Å². The molecular weight excluding hydrogens is 438 g/mol. The van der Waals surface area contributed by atoms with Gasteiger partial charge in [-0.25, -0.2) is 13.2 Å². The number of methoxy groups -OCH3 is 1. The summed E-state index contributed by atoms with van der Waals surface area (Å²) in [6.07, 6.45) is -0.156. The summed E-state index contributed by atoms with van der Waals surface area (Å²) in [7, 11) is -0.0586. The summed E-state index contributed by atoms with van der Waals surface area (Å²) in [6, 6.07) is 9.11. The molecule has 9 nitrogen and oxygen atoms in total. The second kappa shape index (κ2) is 16.8. The van der Waals surface area contributed by atoms with E-state index in [9.17, 15) is 13.2 Å². The van der Waals surface area contributed by atoms with Crippen molar-refractivity contribution in [2.75, 3.05) is 71.9 Å². The van der Waals surface area contributed by atoms with E-state index in [0.717, 1.165) is 5.56 Å². The highest BCUT2D eigenvalue weighted by molar-refractivity contribution is 7.91. The van der Waals surface area contributed by atoms with E-state index in [0.29, 0.717) is 46.1 Å². The van der Waals surface area contributed by atoms with Crippen molar-refractivity contribution < 1.29 is 36.9 Å². The van der Waals surface area contributed by atoms with Crippen LogP contribution in [-0.4, -0.2) is 97.4 Å². The first kappa shape index (κ1) is 28.3. The van der Waals surface area contributed by atoms with Gasteiger partial charge >= 0.3 is 6.09 Å². The maximum Gasteiger partial charge on any atom is 0.410 e. The molecule has 32 heavy (non-hydrogen) atoms. The van der Waals surface area contributed by atoms with Gasteiger partial charge in [-0.3, -0.25) is 0 Å². The van der Waals surface area contributed by atoms with Crippen molar-refractivity contribution in [2.45, 2.75) is 26.0 Å². The van der Waals surface area contributed by atoms with Crippen molar-refractivity contribution in [1.82, 2.24) is 4.90 Å². The fraction of sp³-hybridized carbons (Fsp3) is 0.682. The summed E-state index contributed by atoms with van der Waals surface area (Å²) in [5.41, 5.74) is 0.894. The molecule has 0 bridgehead atoms. The smallest absolute Gasteiger partial charge is 0.410 e. The largest absolute Gasteiger partial charge is 0.445 e. The first-order valence-corrected chi connectivity index (χ1v) is 12.5. The molecule has 1 aromatic carbocycles. The Bertz CT molecular complexity index is 714. The number of sulfone groups is 1. The number of hydrogen-bond acceptors (Lipinski definition) is 8. The Hall–Kier alpha value is -1.72. The first-order chi connectivity index (χ1) is 15.4. The molecule has 10 heteroatoms. The van der Waals surface area contributed by atoms with Gasteiger partial charge in [0.25, 0.3) is 0 Å². The Morgan fingerprint density at radius 2 is 1.47 bits per heavy atom. The molecule has 0 aromatic heterocycles. The molecule has 0 saturated carbocycles. The number of carbonyl (C=O) groups is 1. The molecule has 0 radical (unpaired) electrons. The predicted molar refractivity (Wildman–Crippen MR) is 121 cm³/mol. The molecule has 0 N–H and O–H groups in total. The third-order valence-corrected chi connectivity index (χ3v) is 6.36. The lowest BCUT2D eigenvalue weighted by Crippen LogP contribution is -2.36. The van der Waals surface area contributed by atoms with Gasteiger partial charge in [0.1, 0.15) is 6.61 Å². The normalized spacial score (nSPS) is 12.5. The zero-order valence-corrected chi connectivity index (χ0v) is 20.2. The zero-order valence-electron chi connectivity index (χ0n) is 19.4. The molecule has 1 unspecified atom stereocenters. The number of ether oxygens (including phenoxy) is 5. The third kappa shape index (κ3) is 13.6. The molecule has 0 aliphatic rings. The van der Waals surface area contributed by atoms with Gasteiger partial charge in [-0.05, 0) is 18.9 Å². The minimum Gasteiger partial charge on any atom is -0.445 e. The van der Waals surface area contributed by atoms with Gasteiger partial charge < -0.3 is 28.6 Å². The van der Waals surface area contributed by atoms with Crippen LogP contribution in [0, 0.1) is 0 Å². The number of hydrogen-bond donors (Lipinski definition) is 0. The topological polar surface area (TPSA) is 101 Å². The number of amides is 1.